The molecule has 0 radical (unpaired) electrons. The largest absolute Gasteiger partial charge is 0.494 e. The third-order valence-corrected chi connectivity index (χ3v) is 9.04. The minimum absolute atomic E-state index is 0.239. The quantitative estimate of drug-likeness (QED) is 0.163. The molecule has 2 N–H and O–H groups in total. The van der Waals surface area contributed by atoms with Crippen molar-refractivity contribution >= 4 is 56.3 Å². The molecule has 0 unspecified atom stereocenters. The molecule has 0 spiro atoms. The van der Waals surface area contributed by atoms with Crippen molar-refractivity contribution in [1.29, 1.82) is 0 Å². The van der Waals surface area contributed by atoms with E-state index in [0.29, 0.717) is 44.7 Å². The molecule has 2 aromatic heterocycles. The van der Waals surface area contributed by atoms with E-state index in [1.54, 1.807) is 24.3 Å². The molecule has 0 saturated heterocycles. The SMILES string of the molecule is CCCCOc1cccc(-c2cc(C(=O)Nc3sc4c(c3C(=O)Nc3ccc(Cl)cc3)CCCC4)c3ccccc3n2)c1. The van der Waals surface area contributed by atoms with Crippen LogP contribution in [0.15, 0.2) is 78.9 Å². The fourth-order valence-corrected chi connectivity index (χ4v) is 6.79. The van der Waals surface area contributed by atoms with E-state index in [9.17, 15) is 9.59 Å². The summed E-state index contributed by atoms with van der Waals surface area (Å²) < 4.78 is 5.93. The number of pyridine rings is 1. The first-order valence-electron chi connectivity index (χ1n) is 14.7. The zero-order valence-electron chi connectivity index (χ0n) is 23.9. The van der Waals surface area contributed by atoms with Crippen LogP contribution in [0.25, 0.3) is 22.2 Å². The monoisotopic (exact) mass is 609 g/mol. The number of amides is 2. The van der Waals surface area contributed by atoms with Gasteiger partial charge >= 0.3 is 0 Å². The third-order valence-electron chi connectivity index (χ3n) is 7.58. The summed E-state index contributed by atoms with van der Waals surface area (Å²) in [6, 6.07) is 24.3. The van der Waals surface area contributed by atoms with Crippen LogP contribution in [0.3, 0.4) is 0 Å². The van der Waals surface area contributed by atoms with Gasteiger partial charge in [-0.3, -0.25) is 9.59 Å². The van der Waals surface area contributed by atoms with Gasteiger partial charge in [-0.15, -0.1) is 11.3 Å². The van der Waals surface area contributed by atoms with Gasteiger partial charge in [0.25, 0.3) is 11.8 Å². The number of halogens is 1. The summed E-state index contributed by atoms with van der Waals surface area (Å²) in [5.74, 6) is 0.249. The number of anilines is 2. The molecule has 8 heteroatoms. The standard InChI is InChI=1S/C35H32ClN3O3S/c1-2-3-19-42-25-10-8-9-22(20-25)30-21-28(26-11-4-6-13-29(26)38-30)33(40)39-35-32(27-12-5-7-14-31(27)43-35)34(41)37-24-17-15-23(36)16-18-24/h4,6,8-11,13,15-18,20-21H,2-3,5,7,12,14,19H2,1H3,(H,37,41)(H,39,40). The maximum Gasteiger partial charge on any atom is 0.258 e. The topological polar surface area (TPSA) is 80.3 Å². The second kappa shape index (κ2) is 13.0. The molecule has 2 heterocycles. The summed E-state index contributed by atoms with van der Waals surface area (Å²) in [7, 11) is 0. The van der Waals surface area contributed by atoms with Gasteiger partial charge in [-0.05, 0) is 86.2 Å². The van der Waals surface area contributed by atoms with Crippen LogP contribution in [-0.2, 0) is 12.8 Å². The third kappa shape index (κ3) is 6.43. The minimum atomic E-state index is -0.283. The van der Waals surface area contributed by atoms with Gasteiger partial charge < -0.3 is 15.4 Å². The highest BCUT2D eigenvalue weighted by Gasteiger charge is 2.27. The zero-order chi connectivity index (χ0) is 29.8. The molecule has 0 saturated carbocycles. The van der Waals surface area contributed by atoms with Crippen LogP contribution in [0.5, 0.6) is 5.75 Å². The number of benzene rings is 3. The molecule has 6 rings (SSSR count). The van der Waals surface area contributed by atoms with Gasteiger partial charge in [0.2, 0.25) is 0 Å². The zero-order valence-corrected chi connectivity index (χ0v) is 25.5. The fourth-order valence-electron chi connectivity index (χ4n) is 5.38. The number of nitrogens with one attached hydrogen (secondary N) is 2. The first-order chi connectivity index (χ1) is 21.0. The molecular weight excluding hydrogens is 578 g/mol. The summed E-state index contributed by atoms with van der Waals surface area (Å²) >= 11 is 7.54. The van der Waals surface area contributed by atoms with Crippen molar-refractivity contribution in [2.24, 2.45) is 0 Å². The van der Waals surface area contributed by atoms with Crippen LogP contribution >= 0.6 is 22.9 Å². The number of rotatable bonds is 9. The van der Waals surface area contributed by atoms with Crippen LogP contribution in [0.4, 0.5) is 10.7 Å². The number of para-hydroxylation sites is 1. The van der Waals surface area contributed by atoms with Crippen molar-refractivity contribution in [3.63, 3.8) is 0 Å². The van der Waals surface area contributed by atoms with Crippen LogP contribution in [0.2, 0.25) is 5.02 Å². The number of unbranched alkanes of at least 4 members (excludes halogenated alkanes) is 1. The number of fused-ring (bicyclic) bond motifs is 2. The number of hydrogen-bond donors (Lipinski definition) is 2. The van der Waals surface area contributed by atoms with E-state index >= 15 is 0 Å². The molecule has 6 nitrogen and oxygen atoms in total. The average molecular weight is 610 g/mol. The Bertz CT molecular complexity index is 1800. The van der Waals surface area contributed by atoms with Crippen molar-refractivity contribution in [3.05, 3.63) is 105 Å². The summed E-state index contributed by atoms with van der Waals surface area (Å²) in [5.41, 5.74) is 4.96. The van der Waals surface area contributed by atoms with Gasteiger partial charge in [0.15, 0.2) is 0 Å². The van der Waals surface area contributed by atoms with Gasteiger partial charge in [-0.2, -0.15) is 0 Å². The smallest absolute Gasteiger partial charge is 0.258 e. The Hall–Kier alpha value is -4.20. The maximum atomic E-state index is 14.0. The maximum absolute atomic E-state index is 14.0. The van der Waals surface area contributed by atoms with Crippen molar-refractivity contribution in [1.82, 2.24) is 4.98 Å². The Morgan fingerprint density at radius 3 is 2.58 bits per heavy atom. The molecule has 218 valence electrons. The van der Waals surface area contributed by atoms with Gasteiger partial charge in [0.05, 0.1) is 28.9 Å². The lowest BCUT2D eigenvalue weighted by Gasteiger charge is -2.14. The van der Waals surface area contributed by atoms with Crippen LogP contribution in [-0.4, -0.2) is 23.4 Å². The van der Waals surface area contributed by atoms with Crippen molar-refractivity contribution in [2.45, 2.75) is 45.4 Å². The van der Waals surface area contributed by atoms with E-state index in [0.717, 1.165) is 65.7 Å². The highest BCUT2D eigenvalue weighted by molar-refractivity contribution is 7.17. The molecule has 1 aliphatic carbocycles. The predicted octanol–water partition coefficient (Wildman–Crippen LogP) is 9.18. The first-order valence-corrected chi connectivity index (χ1v) is 15.9. The molecule has 3 aromatic carbocycles. The number of thiophene rings is 1. The number of aromatic nitrogens is 1. The molecule has 2 amide bonds. The van der Waals surface area contributed by atoms with Gasteiger partial charge in [0, 0.05) is 26.5 Å². The lowest BCUT2D eigenvalue weighted by atomic mass is 9.95. The number of aryl methyl sites for hydroxylation is 1. The van der Waals surface area contributed by atoms with E-state index in [2.05, 4.69) is 17.6 Å². The minimum Gasteiger partial charge on any atom is -0.494 e. The molecule has 43 heavy (non-hydrogen) atoms. The Labute approximate surface area is 260 Å². The van der Waals surface area contributed by atoms with E-state index in [1.807, 2.05) is 54.6 Å². The molecular formula is C35H32ClN3O3S. The van der Waals surface area contributed by atoms with Gasteiger partial charge in [0.1, 0.15) is 10.8 Å². The Morgan fingerprint density at radius 2 is 1.74 bits per heavy atom. The number of hydrogen-bond acceptors (Lipinski definition) is 5. The molecule has 1 aliphatic rings. The summed E-state index contributed by atoms with van der Waals surface area (Å²) in [6.45, 7) is 2.78. The Kier molecular flexibility index (Phi) is 8.72. The van der Waals surface area contributed by atoms with Crippen molar-refractivity contribution in [3.8, 4) is 17.0 Å². The molecule has 0 aliphatic heterocycles. The summed E-state index contributed by atoms with van der Waals surface area (Å²) in [5, 5.41) is 8.02. The molecule has 0 bridgehead atoms. The Morgan fingerprint density at radius 1 is 0.930 bits per heavy atom. The van der Waals surface area contributed by atoms with Crippen LogP contribution in [0, 0.1) is 0 Å². The second-order valence-corrected chi connectivity index (χ2v) is 12.2. The number of nitrogens with zero attached hydrogens (tertiary/aromatic N) is 1. The lowest BCUT2D eigenvalue weighted by molar-refractivity contribution is 0.102. The predicted molar refractivity (Wildman–Crippen MR) is 176 cm³/mol. The van der Waals surface area contributed by atoms with Crippen LogP contribution < -0.4 is 15.4 Å². The highest BCUT2D eigenvalue weighted by atomic mass is 35.5. The van der Waals surface area contributed by atoms with E-state index in [4.69, 9.17) is 21.3 Å². The van der Waals surface area contributed by atoms with Crippen LogP contribution in [0.1, 0.15) is 63.8 Å². The normalized spacial score (nSPS) is 12.5. The molecule has 0 fully saturated rings. The highest BCUT2D eigenvalue weighted by Crippen LogP contribution is 2.39. The van der Waals surface area contributed by atoms with Gasteiger partial charge in [-0.25, -0.2) is 4.98 Å². The number of carbonyl (C=O) groups excluding carboxylic acids is 2. The Balaban J connectivity index is 1.35. The van der Waals surface area contributed by atoms with E-state index in [1.165, 1.54) is 11.3 Å². The van der Waals surface area contributed by atoms with Crippen molar-refractivity contribution < 1.29 is 14.3 Å². The lowest BCUT2D eigenvalue weighted by Crippen LogP contribution is -2.19. The second-order valence-electron chi connectivity index (χ2n) is 10.6. The number of ether oxygens (including phenoxy) is 1. The van der Waals surface area contributed by atoms with Crippen molar-refractivity contribution in [2.75, 3.05) is 17.2 Å². The molecule has 0 atom stereocenters. The summed E-state index contributed by atoms with van der Waals surface area (Å²) in [4.78, 5) is 33.7. The fraction of sp³-hybridized carbons (Fsp3) is 0.229. The van der Waals surface area contributed by atoms with E-state index in [-0.39, 0.29) is 11.8 Å². The first kappa shape index (κ1) is 28.9. The number of carbonyl (C=O) groups is 2. The molecule has 5 aromatic rings. The average Bonchev–Trinajstić information content (AvgIpc) is 3.39. The van der Waals surface area contributed by atoms with E-state index < -0.39 is 0 Å². The van der Waals surface area contributed by atoms with Gasteiger partial charge in [-0.1, -0.05) is 55.3 Å². The summed E-state index contributed by atoms with van der Waals surface area (Å²) in [6.07, 6.45) is 5.83.